The zero-order chi connectivity index (χ0) is 12.1. The van der Waals surface area contributed by atoms with Gasteiger partial charge in [-0.05, 0) is 42.8 Å². The van der Waals surface area contributed by atoms with Crippen molar-refractivity contribution in [3.63, 3.8) is 0 Å². The van der Waals surface area contributed by atoms with Gasteiger partial charge in [-0.15, -0.1) is 0 Å². The van der Waals surface area contributed by atoms with Gasteiger partial charge in [-0.25, -0.2) is 4.68 Å². The summed E-state index contributed by atoms with van der Waals surface area (Å²) in [6, 6.07) is 7.79. The summed E-state index contributed by atoms with van der Waals surface area (Å²) in [6.07, 6.45) is 4.84. The Hall–Kier alpha value is -1.32. The van der Waals surface area contributed by atoms with Gasteiger partial charge in [0, 0.05) is 24.0 Å². The third-order valence-corrected chi connectivity index (χ3v) is 2.77. The van der Waals surface area contributed by atoms with E-state index in [0.717, 1.165) is 35.8 Å². The van der Waals surface area contributed by atoms with Crippen molar-refractivity contribution in [2.45, 2.75) is 19.9 Å². The van der Waals surface area contributed by atoms with Gasteiger partial charge in [-0.1, -0.05) is 18.5 Å². The number of aromatic nitrogens is 2. The van der Waals surface area contributed by atoms with E-state index in [2.05, 4.69) is 17.3 Å². The monoisotopic (exact) mass is 249 g/mol. The van der Waals surface area contributed by atoms with Crippen LogP contribution in [0.15, 0.2) is 36.7 Å². The van der Waals surface area contributed by atoms with Crippen LogP contribution in [-0.4, -0.2) is 16.3 Å². The average Bonchev–Trinajstić information content (AvgIpc) is 2.83. The molecular weight excluding hydrogens is 234 g/mol. The molecule has 2 aromatic rings. The lowest BCUT2D eigenvalue weighted by molar-refractivity contribution is 0.670. The van der Waals surface area contributed by atoms with Crippen molar-refractivity contribution >= 4 is 11.6 Å². The Kier molecular flexibility index (Phi) is 4.18. The van der Waals surface area contributed by atoms with E-state index in [-0.39, 0.29) is 0 Å². The molecule has 90 valence electrons. The second-order valence-corrected chi connectivity index (χ2v) is 4.34. The summed E-state index contributed by atoms with van der Waals surface area (Å²) in [6.45, 7) is 3.97. The van der Waals surface area contributed by atoms with E-state index in [4.69, 9.17) is 11.6 Å². The van der Waals surface area contributed by atoms with Crippen LogP contribution in [0.4, 0.5) is 0 Å². The molecule has 0 unspecified atom stereocenters. The van der Waals surface area contributed by atoms with Crippen LogP contribution in [0.1, 0.15) is 18.9 Å². The normalized spacial score (nSPS) is 10.7. The molecule has 0 aliphatic rings. The molecule has 3 nitrogen and oxygen atoms in total. The van der Waals surface area contributed by atoms with Crippen LogP contribution in [-0.2, 0) is 6.54 Å². The van der Waals surface area contributed by atoms with E-state index in [0.29, 0.717) is 0 Å². The minimum absolute atomic E-state index is 0.759. The first kappa shape index (κ1) is 12.1. The largest absolute Gasteiger partial charge is 0.313 e. The van der Waals surface area contributed by atoms with Crippen molar-refractivity contribution in [2.24, 2.45) is 0 Å². The first-order valence-corrected chi connectivity index (χ1v) is 6.18. The molecule has 0 atom stereocenters. The molecule has 0 saturated heterocycles. The van der Waals surface area contributed by atoms with Gasteiger partial charge in [0.1, 0.15) is 0 Å². The summed E-state index contributed by atoms with van der Waals surface area (Å²) >= 11 is 6.03. The fraction of sp³-hybridized carbons (Fsp3) is 0.308. The minimum Gasteiger partial charge on any atom is -0.313 e. The summed E-state index contributed by atoms with van der Waals surface area (Å²) in [5.41, 5.74) is 2.23. The van der Waals surface area contributed by atoms with Crippen molar-refractivity contribution < 1.29 is 0 Å². The molecule has 0 amide bonds. The second-order valence-electron chi connectivity index (χ2n) is 3.90. The number of nitrogens with zero attached hydrogens (tertiary/aromatic N) is 2. The minimum atomic E-state index is 0.759. The lowest BCUT2D eigenvalue weighted by Gasteiger charge is -2.11. The molecule has 1 aromatic heterocycles. The van der Waals surface area contributed by atoms with Gasteiger partial charge in [0.2, 0.25) is 0 Å². The van der Waals surface area contributed by atoms with E-state index in [1.165, 1.54) is 0 Å². The summed E-state index contributed by atoms with van der Waals surface area (Å²) in [5, 5.41) is 8.39. The maximum absolute atomic E-state index is 6.03. The molecule has 0 aliphatic heterocycles. The lowest BCUT2D eigenvalue weighted by Crippen LogP contribution is -2.15. The van der Waals surface area contributed by atoms with E-state index in [1.807, 2.05) is 35.1 Å². The Labute approximate surface area is 106 Å². The highest BCUT2D eigenvalue weighted by Gasteiger charge is 2.05. The molecule has 0 aliphatic carbocycles. The highest BCUT2D eigenvalue weighted by atomic mass is 35.5. The summed E-state index contributed by atoms with van der Waals surface area (Å²) < 4.78 is 1.86. The third kappa shape index (κ3) is 3.08. The Morgan fingerprint density at radius 3 is 3.00 bits per heavy atom. The molecule has 1 aromatic carbocycles. The molecule has 0 saturated carbocycles. The standard InChI is InChI=1S/C13H16ClN3/c1-2-6-15-10-11-9-12(14)4-5-13(11)17-8-3-7-16-17/h3-5,7-9,15H,2,6,10H2,1H3. The number of hydrogen-bond acceptors (Lipinski definition) is 2. The van der Waals surface area contributed by atoms with Gasteiger partial charge in [-0.3, -0.25) is 0 Å². The number of rotatable bonds is 5. The van der Waals surface area contributed by atoms with Gasteiger partial charge in [0.25, 0.3) is 0 Å². The maximum atomic E-state index is 6.03. The molecule has 0 radical (unpaired) electrons. The van der Waals surface area contributed by atoms with Crippen molar-refractivity contribution in [1.29, 1.82) is 0 Å². The van der Waals surface area contributed by atoms with Crippen LogP contribution >= 0.6 is 11.6 Å². The van der Waals surface area contributed by atoms with Gasteiger partial charge >= 0.3 is 0 Å². The first-order chi connectivity index (χ1) is 8.31. The van der Waals surface area contributed by atoms with Crippen LogP contribution in [0.25, 0.3) is 5.69 Å². The summed E-state index contributed by atoms with van der Waals surface area (Å²) in [4.78, 5) is 0. The molecule has 4 heteroatoms. The van der Waals surface area contributed by atoms with Crippen LogP contribution in [0, 0.1) is 0 Å². The van der Waals surface area contributed by atoms with E-state index >= 15 is 0 Å². The molecule has 1 heterocycles. The maximum Gasteiger partial charge on any atom is 0.0691 e. The Bertz CT molecular complexity index is 466. The topological polar surface area (TPSA) is 29.9 Å². The fourth-order valence-corrected chi connectivity index (χ4v) is 1.93. The van der Waals surface area contributed by atoms with Gasteiger partial charge < -0.3 is 5.32 Å². The zero-order valence-electron chi connectivity index (χ0n) is 9.86. The highest BCUT2D eigenvalue weighted by Crippen LogP contribution is 2.19. The quantitative estimate of drug-likeness (QED) is 0.826. The van der Waals surface area contributed by atoms with Crippen LogP contribution < -0.4 is 5.32 Å². The average molecular weight is 250 g/mol. The van der Waals surface area contributed by atoms with Crippen LogP contribution in [0.2, 0.25) is 5.02 Å². The van der Waals surface area contributed by atoms with Gasteiger partial charge in [0.15, 0.2) is 0 Å². The predicted molar refractivity (Wildman–Crippen MR) is 70.6 cm³/mol. The highest BCUT2D eigenvalue weighted by molar-refractivity contribution is 6.30. The SMILES string of the molecule is CCCNCc1cc(Cl)ccc1-n1cccn1. The van der Waals surface area contributed by atoms with Crippen molar-refractivity contribution in [1.82, 2.24) is 15.1 Å². The molecule has 17 heavy (non-hydrogen) atoms. The molecule has 0 bridgehead atoms. The molecule has 2 rings (SSSR count). The predicted octanol–water partition coefficient (Wildman–Crippen LogP) is 3.03. The van der Waals surface area contributed by atoms with Gasteiger partial charge in [-0.2, -0.15) is 5.10 Å². The lowest BCUT2D eigenvalue weighted by atomic mass is 10.1. The molecule has 0 spiro atoms. The van der Waals surface area contributed by atoms with Crippen molar-refractivity contribution in [3.05, 3.63) is 47.2 Å². The Morgan fingerprint density at radius 2 is 2.29 bits per heavy atom. The molecular formula is C13H16ClN3. The number of halogens is 1. The van der Waals surface area contributed by atoms with Crippen molar-refractivity contribution in [2.75, 3.05) is 6.54 Å². The van der Waals surface area contributed by atoms with Crippen LogP contribution in [0.3, 0.4) is 0 Å². The van der Waals surface area contributed by atoms with E-state index in [1.54, 1.807) is 6.20 Å². The smallest absolute Gasteiger partial charge is 0.0691 e. The van der Waals surface area contributed by atoms with Gasteiger partial charge in [0.05, 0.1) is 5.69 Å². The van der Waals surface area contributed by atoms with E-state index in [9.17, 15) is 0 Å². The summed E-state index contributed by atoms with van der Waals surface area (Å²) in [5.74, 6) is 0. The van der Waals surface area contributed by atoms with E-state index < -0.39 is 0 Å². The van der Waals surface area contributed by atoms with Crippen LogP contribution in [0.5, 0.6) is 0 Å². The Balaban J connectivity index is 2.25. The van der Waals surface area contributed by atoms with Crippen molar-refractivity contribution in [3.8, 4) is 5.69 Å². The zero-order valence-corrected chi connectivity index (χ0v) is 10.6. The Morgan fingerprint density at radius 1 is 1.41 bits per heavy atom. The second kappa shape index (κ2) is 5.84. The number of nitrogens with one attached hydrogen (secondary N) is 1. The fourth-order valence-electron chi connectivity index (χ4n) is 1.73. The molecule has 0 fully saturated rings. The number of hydrogen-bond donors (Lipinski definition) is 1. The first-order valence-electron chi connectivity index (χ1n) is 5.80. The number of benzene rings is 1. The third-order valence-electron chi connectivity index (χ3n) is 2.53. The molecule has 1 N–H and O–H groups in total. The summed E-state index contributed by atoms with van der Waals surface area (Å²) in [7, 11) is 0.